The number of rotatable bonds is 6. The third kappa shape index (κ3) is 4.34. The van der Waals surface area contributed by atoms with Crippen LogP contribution in [0, 0.1) is 0 Å². The minimum absolute atomic E-state index is 0.340. The highest BCUT2D eigenvalue weighted by Gasteiger charge is 2.18. The quantitative estimate of drug-likeness (QED) is 0.663. The Balaban J connectivity index is 1.93. The Morgan fingerprint density at radius 2 is 2.31 bits per heavy atom. The maximum absolute atomic E-state index is 8.60. The first-order chi connectivity index (χ1) is 6.34. The highest BCUT2D eigenvalue weighted by molar-refractivity contribution is 7.99. The van der Waals surface area contributed by atoms with Gasteiger partial charge in [-0.2, -0.15) is 11.8 Å². The van der Waals surface area contributed by atoms with Crippen molar-refractivity contribution in [3.63, 3.8) is 0 Å². The molecule has 1 aliphatic heterocycles. The molecule has 2 nitrogen and oxygen atoms in total. The summed E-state index contributed by atoms with van der Waals surface area (Å²) in [6.45, 7) is 5.19. The van der Waals surface area contributed by atoms with E-state index in [1.54, 1.807) is 0 Å². The zero-order valence-corrected chi connectivity index (χ0v) is 9.35. The van der Waals surface area contributed by atoms with E-state index in [0.717, 1.165) is 18.2 Å². The Morgan fingerprint density at radius 3 is 2.92 bits per heavy atom. The summed E-state index contributed by atoms with van der Waals surface area (Å²) < 4.78 is 0. The summed E-state index contributed by atoms with van der Waals surface area (Å²) in [5.74, 6) is 2.34. The van der Waals surface area contributed by atoms with Gasteiger partial charge in [0.1, 0.15) is 0 Å². The lowest BCUT2D eigenvalue weighted by Gasteiger charge is -2.20. The fourth-order valence-electron chi connectivity index (χ4n) is 1.78. The standard InChI is InChI=1S/C10H21NOS/c1-10-4-2-5-11(10)6-9-13-8-3-7-12/h10,12H,2-9H2,1H3. The normalized spacial score (nSPS) is 24.0. The van der Waals surface area contributed by atoms with Gasteiger partial charge in [0.25, 0.3) is 0 Å². The molecule has 1 N–H and O–H groups in total. The van der Waals surface area contributed by atoms with Gasteiger partial charge in [-0.15, -0.1) is 0 Å². The van der Waals surface area contributed by atoms with E-state index in [4.69, 9.17) is 5.11 Å². The van der Waals surface area contributed by atoms with Crippen LogP contribution < -0.4 is 0 Å². The molecule has 0 amide bonds. The van der Waals surface area contributed by atoms with Crippen molar-refractivity contribution in [1.29, 1.82) is 0 Å². The van der Waals surface area contributed by atoms with Gasteiger partial charge in [0, 0.05) is 24.9 Å². The van der Waals surface area contributed by atoms with Crippen molar-refractivity contribution < 1.29 is 5.11 Å². The van der Waals surface area contributed by atoms with Gasteiger partial charge in [0.2, 0.25) is 0 Å². The van der Waals surface area contributed by atoms with Gasteiger partial charge in [-0.05, 0) is 38.5 Å². The summed E-state index contributed by atoms with van der Waals surface area (Å²) in [4.78, 5) is 2.58. The molecule has 1 rings (SSSR count). The molecule has 1 aliphatic rings. The van der Waals surface area contributed by atoms with Crippen LogP contribution in [0.15, 0.2) is 0 Å². The number of thioether (sulfide) groups is 1. The molecular formula is C10H21NOS. The minimum Gasteiger partial charge on any atom is -0.396 e. The van der Waals surface area contributed by atoms with Gasteiger partial charge in [-0.3, -0.25) is 4.90 Å². The van der Waals surface area contributed by atoms with Crippen LogP contribution in [0.1, 0.15) is 26.2 Å². The molecule has 0 aromatic rings. The molecule has 0 spiro atoms. The molecule has 3 heteroatoms. The maximum Gasteiger partial charge on any atom is 0.0438 e. The van der Waals surface area contributed by atoms with E-state index in [2.05, 4.69) is 11.8 Å². The Kier molecular flexibility index (Phi) is 5.83. The molecule has 1 atom stereocenters. The summed E-state index contributed by atoms with van der Waals surface area (Å²) in [6.07, 6.45) is 3.70. The molecule has 0 aliphatic carbocycles. The molecule has 13 heavy (non-hydrogen) atoms. The lowest BCUT2D eigenvalue weighted by molar-refractivity contribution is 0.286. The van der Waals surface area contributed by atoms with Crippen LogP contribution in [-0.2, 0) is 0 Å². The van der Waals surface area contributed by atoms with E-state index < -0.39 is 0 Å². The number of likely N-dealkylation sites (tertiary alicyclic amines) is 1. The molecule has 78 valence electrons. The monoisotopic (exact) mass is 203 g/mol. The second-order valence-corrected chi connectivity index (χ2v) is 4.94. The van der Waals surface area contributed by atoms with E-state index in [0.29, 0.717) is 6.61 Å². The fourth-order valence-corrected chi connectivity index (χ4v) is 2.68. The van der Waals surface area contributed by atoms with Crippen molar-refractivity contribution in [3.8, 4) is 0 Å². The minimum atomic E-state index is 0.340. The maximum atomic E-state index is 8.60. The zero-order chi connectivity index (χ0) is 9.52. The number of hydrogen-bond donors (Lipinski definition) is 1. The first-order valence-electron chi connectivity index (χ1n) is 5.27. The second kappa shape index (κ2) is 6.68. The van der Waals surface area contributed by atoms with Crippen molar-refractivity contribution in [2.45, 2.75) is 32.2 Å². The second-order valence-electron chi connectivity index (χ2n) is 3.72. The van der Waals surface area contributed by atoms with Crippen LogP contribution in [0.5, 0.6) is 0 Å². The Morgan fingerprint density at radius 1 is 1.46 bits per heavy atom. The fraction of sp³-hybridized carbons (Fsp3) is 1.00. The van der Waals surface area contributed by atoms with Gasteiger partial charge in [0.15, 0.2) is 0 Å². The van der Waals surface area contributed by atoms with Gasteiger partial charge < -0.3 is 5.11 Å². The van der Waals surface area contributed by atoms with Crippen LogP contribution >= 0.6 is 11.8 Å². The third-order valence-corrected chi connectivity index (χ3v) is 3.71. The van der Waals surface area contributed by atoms with Gasteiger partial charge >= 0.3 is 0 Å². The topological polar surface area (TPSA) is 23.5 Å². The summed E-state index contributed by atoms with van der Waals surface area (Å²) in [6, 6.07) is 0.804. The molecule has 1 unspecified atom stereocenters. The van der Waals surface area contributed by atoms with E-state index in [1.807, 2.05) is 11.8 Å². The first kappa shape index (κ1) is 11.3. The summed E-state index contributed by atoms with van der Waals surface area (Å²) >= 11 is 1.97. The Bertz CT molecular complexity index is 132. The Labute approximate surface area is 85.7 Å². The average molecular weight is 203 g/mol. The van der Waals surface area contributed by atoms with Crippen LogP contribution in [0.4, 0.5) is 0 Å². The summed E-state index contributed by atoms with van der Waals surface area (Å²) in [5.41, 5.74) is 0. The van der Waals surface area contributed by atoms with E-state index in [9.17, 15) is 0 Å². The van der Waals surface area contributed by atoms with Crippen molar-refractivity contribution in [2.24, 2.45) is 0 Å². The lowest BCUT2D eigenvalue weighted by Crippen LogP contribution is -2.29. The molecule has 0 saturated carbocycles. The molecule has 0 radical (unpaired) electrons. The van der Waals surface area contributed by atoms with E-state index in [1.165, 1.54) is 31.7 Å². The predicted octanol–water partition coefficient (Wildman–Crippen LogP) is 1.59. The largest absolute Gasteiger partial charge is 0.396 e. The van der Waals surface area contributed by atoms with E-state index >= 15 is 0 Å². The lowest BCUT2D eigenvalue weighted by atomic mass is 10.2. The average Bonchev–Trinajstić information content (AvgIpc) is 2.52. The SMILES string of the molecule is CC1CCCN1CCSCCCO. The van der Waals surface area contributed by atoms with Crippen molar-refractivity contribution in [3.05, 3.63) is 0 Å². The summed E-state index contributed by atoms with van der Waals surface area (Å²) in [7, 11) is 0. The van der Waals surface area contributed by atoms with Crippen molar-refractivity contribution in [2.75, 3.05) is 31.2 Å². The van der Waals surface area contributed by atoms with Crippen LogP contribution in [0.25, 0.3) is 0 Å². The number of aliphatic hydroxyl groups is 1. The van der Waals surface area contributed by atoms with Crippen LogP contribution in [-0.4, -0.2) is 47.3 Å². The predicted molar refractivity (Wildman–Crippen MR) is 59.3 cm³/mol. The third-order valence-electron chi connectivity index (χ3n) is 2.66. The highest BCUT2D eigenvalue weighted by atomic mass is 32.2. The molecular weight excluding hydrogens is 182 g/mol. The molecule has 1 heterocycles. The molecule has 1 saturated heterocycles. The zero-order valence-electron chi connectivity index (χ0n) is 8.54. The van der Waals surface area contributed by atoms with Gasteiger partial charge in [-0.1, -0.05) is 0 Å². The smallest absolute Gasteiger partial charge is 0.0438 e. The molecule has 0 bridgehead atoms. The van der Waals surface area contributed by atoms with Gasteiger partial charge in [-0.25, -0.2) is 0 Å². The Hall–Kier alpha value is 0.270. The van der Waals surface area contributed by atoms with Crippen molar-refractivity contribution >= 4 is 11.8 Å². The van der Waals surface area contributed by atoms with Crippen LogP contribution in [0.3, 0.4) is 0 Å². The molecule has 1 fully saturated rings. The molecule has 0 aromatic heterocycles. The van der Waals surface area contributed by atoms with Crippen LogP contribution in [0.2, 0.25) is 0 Å². The number of aliphatic hydroxyl groups excluding tert-OH is 1. The van der Waals surface area contributed by atoms with Gasteiger partial charge in [0.05, 0.1) is 0 Å². The highest BCUT2D eigenvalue weighted by Crippen LogP contribution is 2.16. The van der Waals surface area contributed by atoms with Crippen molar-refractivity contribution in [1.82, 2.24) is 4.90 Å². The number of nitrogens with zero attached hydrogens (tertiary/aromatic N) is 1. The number of hydrogen-bond acceptors (Lipinski definition) is 3. The first-order valence-corrected chi connectivity index (χ1v) is 6.42. The summed E-state index contributed by atoms with van der Waals surface area (Å²) in [5, 5.41) is 8.60. The van der Waals surface area contributed by atoms with E-state index in [-0.39, 0.29) is 0 Å². The molecule has 0 aromatic carbocycles.